The van der Waals surface area contributed by atoms with E-state index in [4.69, 9.17) is 4.74 Å². The van der Waals surface area contributed by atoms with E-state index in [0.29, 0.717) is 12.2 Å². The van der Waals surface area contributed by atoms with Gasteiger partial charge in [-0.3, -0.25) is 4.79 Å². The molecule has 0 spiro atoms. The second-order valence-corrected chi connectivity index (χ2v) is 9.53. The molecule has 0 bridgehead atoms. The van der Waals surface area contributed by atoms with E-state index in [1.165, 1.54) is 0 Å². The van der Waals surface area contributed by atoms with Gasteiger partial charge >= 0.3 is 0 Å². The lowest BCUT2D eigenvalue weighted by Crippen LogP contribution is -2.51. The fourth-order valence-corrected chi connectivity index (χ4v) is 5.07. The topological polar surface area (TPSA) is 72.5 Å². The van der Waals surface area contributed by atoms with Crippen molar-refractivity contribution >= 4 is 15.7 Å². The number of nitrogens with one attached hydrogen (secondary N) is 1. The minimum Gasteiger partial charge on any atom is -0.481 e. The number of rotatable bonds is 5. The second kappa shape index (κ2) is 6.75. The summed E-state index contributed by atoms with van der Waals surface area (Å²) in [5.74, 6) is 0.810. The molecule has 1 saturated heterocycles. The number of ether oxygens (including phenoxy) is 1. The van der Waals surface area contributed by atoms with Crippen molar-refractivity contribution in [2.24, 2.45) is 0 Å². The second-order valence-electron chi connectivity index (χ2n) is 7.35. The van der Waals surface area contributed by atoms with Crippen LogP contribution in [0.2, 0.25) is 0 Å². The van der Waals surface area contributed by atoms with Crippen molar-refractivity contribution < 1.29 is 17.9 Å². The first kappa shape index (κ1) is 18.8. The number of hydrogen-bond acceptors (Lipinski definition) is 4. The van der Waals surface area contributed by atoms with E-state index in [1.807, 2.05) is 25.1 Å². The summed E-state index contributed by atoms with van der Waals surface area (Å²) in [5.41, 5.74) is 1.41. The van der Waals surface area contributed by atoms with Crippen molar-refractivity contribution in [3.05, 3.63) is 29.3 Å². The molecule has 1 fully saturated rings. The molecule has 1 aromatic rings. The van der Waals surface area contributed by atoms with Crippen LogP contribution in [0.25, 0.3) is 0 Å². The van der Waals surface area contributed by atoms with Crippen LogP contribution in [-0.4, -0.2) is 37.5 Å². The molecule has 1 aliphatic rings. The molecule has 24 heavy (non-hydrogen) atoms. The molecule has 1 amide bonds. The highest BCUT2D eigenvalue weighted by Gasteiger charge is 2.40. The molecular formula is C18H27NO4S. The molecule has 1 aliphatic heterocycles. The van der Waals surface area contributed by atoms with Crippen LogP contribution in [-0.2, 0) is 14.6 Å². The third-order valence-corrected chi connectivity index (χ3v) is 6.30. The van der Waals surface area contributed by atoms with E-state index in [1.54, 1.807) is 13.8 Å². The number of aryl methyl sites for hydroxylation is 1. The Morgan fingerprint density at radius 3 is 2.50 bits per heavy atom. The lowest BCUT2D eigenvalue weighted by Gasteiger charge is -2.27. The van der Waals surface area contributed by atoms with Crippen LogP contribution in [0.15, 0.2) is 18.2 Å². The standard InChI is InChI=1S/C18H27NO4S/c1-12(2)15-7-6-13(3)10-16(15)23-14(4)17(20)19-18(5)8-9-24(21,22)11-18/h6-7,10,12,14H,8-9,11H2,1-5H3,(H,19,20). The van der Waals surface area contributed by atoms with E-state index < -0.39 is 21.5 Å². The Balaban J connectivity index is 2.09. The van der Waals surface area contributed by atoms with E-state index in [0.717, 1.165) is 11.1 Å². The maximum atomic E-state index is 12.5. The van der Waals surface area contributed by atoms with Gasteiger partial charge in [-0.2, -0.15) is 0 Å². The Morgan fingerprint density at radius 2 is 1.96 bits per heavy atom. The summed E-state index contributed by atoms with van der Waals surface area (Å²) < 4.78 is 29.2. The maximum absolute atomic E-state index is 12.5. The third kappa shape index (κ3) is 4.50. The van der Waals surface area contributed by atoms with Crippen molar-refractivity contribution in [1.29, 1.82) is 0 Å². The van der Waals surface area contributed by atoms with E-state index in [2.05, 4.69) is 19.2 Å². The van der Waals surface area contributed by atoms with Crippen molar-refractivity contribution in [3.63, 3.8) is 0 Å². The Labute approximate surface area is 144 Å². The van der Waals surface area contributed by atoms with E-state index in [9.17, 15) is 13.2 Å². The zero-order valence-electron chi connectivity index (χ0n) is 15.0. The largest absolute Gasteiger partial charge is 0.481 e. The zero-order valence-corrected chi connectivity index (χ0v) is 15.9. The van der Waals surface area contributed by atoms with Gasteiger partial charge in [-0.15, -0.1) is 0 Å². The molecule has 0 radical (unpaired) electrons. The molecule has 5 nitrogen and oxygen atoms in total. The van der Waals surface area contributed by atoms with E-state index >= 15 is 0 Å². The molecule has 6 heteroatoms. The average Bonchev–Trinajstić information content (AvgIpc) is 2.72. The van der Waals surface area contributed by atoms with Crippen molar-refractivity contribution in [2.75, 3.05) is 11.5 Å². The molecular weight excluding hydrogens is 326 g/mol. The summed E-state index contributed by atoms with van der Waals surface area (Å²) in [4.78, 5) is 12.5. The molecule has 1 aromatic carbocycles. The van der Waals surface area contributed by atoms with Gasteiger partial charge in [0.15, 0.2) is 15.9 Å². The first-order chi connectivity index (χ1) is 11.0. The molecule has 2 rings (SSSR count). The monoisotopic (exact) mass is 353 g/mol. The first-order valence-electron chi connectivity index (χ1n) is 8.31. The van der Waals surface area contributed by atoms with Crippen LogP contribution in [0.3, 0.4) is 0 Å². The van der Waals surface area contributed by atoms with Crippen molar-refractivity contribution in [1.82, 2.24) is 5.32 Å². The third-order valence-electron chi connectivity index (χ3n) is 4.39. The molecule has 1 heterocycles. The minimum atomic E-state index is -3.06. The first-order valence-corrected chi connectivity index (χ1v) is 10.1. The van der Waals surface area contributed by atoms with Gasteiger partial charge in [-0.1, -0.05) is 26.0 Å². The Hall–Kier alpha value is -1.56. The fourth-order valence-electron chi connectivity index (χ4n) is 2.97. The predicted molar refractivity (Wildman–Crippen MR) is 95.2 cm³/mol. The van der Waals surface area contributed by atoms with Gasteiger partial charge in [0, 0.05) is 0 Å². The summed E-state index contributed by atoms with van der Waals surface area (Å²) in [5, 5.41) is 2.85. The minimum absolute atomic E-state index is 0.0137. The molecule has 0 aromatic heterocycles. The number of sulfone groups is 1. The Kier molecular flexibility index (Phi) is 5.28. The highest BCUT2D eigenvalue weighted by molar-refractivity contribution is 7.91. The number of carbonyl (C=O) groups excluding carboxylic acids is 1. The highest BCUT2D eigenvalue weighted by atomic mass is 32.2. The number of hydrogen-bond donors (Lipinski definition) is 1. The van der Waals surface area contributed by atoms with Gasteiger partial charge in [0.1, 0.15) is 5.75 Å². The van der Waals surface area contributed by atoms with Crippen molar-refractivity contribution in [2.45, 2.75) is 58.6 Å². The summed E-state index contributed by atoms with van der Waals surface area (Å²) in [6.07, 6.45) is -0.250. The van der Waals surface area contributed by atoms with Gasteiger partial charge < -0.3 is 10.1 Å². The summed E-state index contributed by atoms with van der Waals surface area (Å²) in [6.45, 7) is 9.59. The van der Waals surface area contributed by atoms with Crippen LogP contribution in [0.1, 0.15) is 51.2 Å². The Morgan fingerprint density at radius 1 is 1.29 bits per heavy atom. The van der Waals surface area contributed by atoms with Gasteiger partial charge in [0.05, 0.1) is 17.0 Å². The normalized spacial score (nSPS) is 23.9. The predicted octanol–water partition coefficient (Wildman–Crippen LogP) is 2.58. The Bertz CT molecular complexity index is 727. The van der Waals surface area contributed by atoms with Gasteiger partial charge in [-0.25, -0.2) is 8.42 Å². The quantitative estimate of drug-likeness (QED) is 0.883. The molecule has 1 N–H and O–H groups in total. The average molecular weight is 353 g/mol. The number of amides is 1. The van der Waals surface area contributed by atoms with Gasteiger partial charge in [0.2, 0.25) is 0 Å². The lowest BCUT2D eigenvalue weighted by atomic mass is 10.0. The number of benzene rings is 1. The number of carbonyl (C=O) groups is 1. The molecule has 0 aliphatic carbocycles. The fraction of sp³-hybridized carbons (Fsp3) is 0.611. The SMILES string of the molecule is Cc1ccc(C(C)C)c(OC(C)C(=O)NC2(C)CCS(=O)(=O)C2)c1. The van der Waals surface area contributed by atoms with Gasteiger partial charge in [-0.05, 0) is 50.3 Å². The van der Waals surface area contributed by atoms with E-state index in [-0.39, 0.29) is 23.3 Å². The molecule has 2 atom stereocenters. The van der Waals surface area contributed by atoms with Crippen LogP contribution in [0.5, 0.6) is 5.75 Å². The molecule has 0 saturated carbocycles. The summed E-state index contributed by atoms with van der Waals surface area (Å²) in [6, 6.07) is 5.98. The van der Waals surface area contributed by atoms with Crippen LogP contribution in [0.4, 0.5) is 0 Å². The lowest BCUT2D eigenvalue weighted by molar-refractivity contribution is -0.128. The molecule has 2 unspecified atom stereocenters. The summed E-state index contributed by atoms with van der Waals surface area (Å²) >= 11 is 0. The van der Waals surface area contributed by atoms with Crippen LogP contribution >= 0.6 is 0 Å². The zero-order chi connectivity index (χ0) is 18.1. The van der Waals surface area contributed by atoms with Gasteiger partial charge in [0.25, 0.3) is 5.91 Å². The van der Waals surface area contributed by atoms with Crippen LogP contribution < -0.4 is 10.1 Å². The summed E-state index contributed by atoms with van der Waals surface area (Å²) in [7, 11) is -3.06. The van der Waals surface area contributed by atoms with Crippen LogP contribution in [0, 0.1) is 6.92 Å². The van der Waals surface area contributed by atoms with Crippen molar-refractivity contribution in [3.8, 4) is 5.75 Å². The highest BCUT2D eigenvalue weighted by Crippen LogP contribution is 2.29. The maximum Gasteiger partial charge on any atom is 0.261 e. The smallest absolute Gasteiger partial charge is 0.261 e. The molecule has 134 valence electrons.